The van der Waals surface area contributed by atoms with E-state index >= 15 is 0 Å². The molecule has 154 valence electrons. The van der Waals surface area contributed by atoms with E-state index in [1.54, 1.807) is 54.7 Å². The van der Waals surface area contributed by atoms with Gasteiger partial charge in [0.1, 0.15) is 18.6 Å². The molecule has 0 aliphatic heterocycles. The van der Waals surface area contributed by atoms with Gasteiger partial charge in [0.25, 0.3) is 5.91 Å². The molecule has 2 heterocycles. The number of pyridine rings is 1. The first-order chi connectivity index (χ1) is 15.1. The van der Waals surface area contributed by atoms with E-state index in [0.29, 0.717) is 22.5 Å². The first kappa shape index (κ1) is 20.0. The molecule has 31 heavy (non-hydrogen) atoms. The Morgan fingerprint density at radius 2 is 1.97 bits per heavy atom. The van der Waals surface area contributed by atoms with Gasteiger partial charge in [-0.2, -0.15) is 10.2 Å². The number of hydrogen-bond donors (Lipinski definition) is 2. The number of nitrogens with zero attached hydrogens (tertiary/aromatic N) is 4. The van der Waals surface area contributed by atoms with Gasteiger partial charge in [-0.05, 0) is 30.3 Å². The molecule has 0 unspecified atom stereocenters. The minimum absolute atomic E-state index is 0.167. The highest BCUT2D eigenvalue weighted by Crippen LogP contribution is 2.26. The first-order valence-electron chi connectivity index (χ1n) is 9.36. The third-order valence-corrected chi connectivity index (χ3v) is 4.56. The molecular formula is C22H16F2N6O. The standard InChI is InChI=1S/C22H16F2N6O/c23-10-11-26-21(31)17-6-3-5-16(20(17)24)15-8-9-19-28-22(29-30(19)13-15)27-18-7-2-1-4-14(18)12-25/h1-9,13H,10-11H2,(H,26,31)(H,27,29). The highest BCUT2D eigenvalue weighted by molar-refractivity contribution is 5.95. The predicted octanol–water partition coefficient (Wildman–Crippen LogP) is 3.85. The van der Waals surface area contributed by atoms with E-state index in [1.165, 1.54) is 10.6 Å². The molecule has 0 fully saturated rings. The van der Waals surface area contributed by atoms with E-state index in [9.17, 15) is 18.8 Å². The average molecular weight is 418 g/mol. The molecule has 9 heteroatoms. The van der Waals surface area contributed by atoms with Gasteiger partial charge in [-0.15, -0.1) is 5.10 Å². The molecule has 2 aromatic heterocycles. The number of nitrogens with one attached hydrogen (secondary N) is 2. The molecule has 0 saturated heterocycles. The minimum Gasteiger partial charge on any atom is -0.349 e. The van der Waals surface area contributed by atoms with Crippen LogP contribution in [0.4, 0.5) is 20.4 Å². The van der Waals surface area contributed by atoms with Crippen molar-refractivity contribution >= 4 is 23.2 Å². The Morgan fingerprint density at radius 3 is 2.77 bits per heavy atom. The number of rotatable bonds is 6. The summed E-state index contributed by atoms with van der Waals surface area (Å²) in [4.78, 5) is 16.4. The highest BCUT2D eigenvalue weighted by atomic mass is 19.1. The summed E-state index contributed by atoms with van der Waals surface area (Å²) in [5.74, 6) is -1.11. The number of para-hydroxylation sites is 1. The Bertz CT molecular complexity index is 1310. The van der Waals surface area contributed by atoms with Crippen molar-refractivity contribution in [1.29, 1.82) is 5.26 Å². The Labute approximate surface area is 176 Å². The number of hydrogen-bond acceptors (Lipinski definition) is 5. The number of anilines is 2. The van der Waals surface area contributed by atoms with Crippen LogP contribution in [0.15, 0.2) is 60.8 Å². The van der Waals surface area contributed by atoms with E-state index in [2.05, 4.69) is 26.8 Å². The summed E-state index contributed by atoms with van der Waals surface area (Å²) in [5, 5.41) is 18.9. The third kappa shape index (κ3) is 4.04. The number of alkyl halides is 1. The van der Waals surface area contributed by atoms with Gasteiger partial charge in [-0.3, -0.25) is 4.79 Å². The lowest BCUT2D eigenvalue weighted by molar-refractivity contribution is 0.0947. The van der Waals surface area contributed by atoms with E-state index in [-0.39, 0.29) is 23.6 Å². The minimum atomic E-state index is -0.731. The van der Waals surface area contributed by atoms with Gasteiger partial charge in [-0.25, -0.2) is 13.3 Å². The number of halogens is 2. The van der Waals surface area contributed by atoms with Gasteiger partial charge in [0.15, 0.2) is 5.65 Å². The molecule has 2 N–H and O–H groups in total. The molecule has 0 atom stereocenters. The van der Waals surface area contributed by atoms with Crippen molar-refractivity contribution in [3.05, 3.63) is 77.7 Å². The van der Waals surface area contributed by atoms with Crippen LogP contribution in [-0.4, -0.2) is 33.7 Å². The van der Waals surface area contributed by atoms with Crippen molar-refractivity contribution in [2.45, 2.75) is 0 Å². The Morgan fingerprint density at radius 1 is 1.13 bits per heavy atom. The summed E-state index contributed by atoms with van der Waals surface area (Å²) in [5.41, 5.74) is 2.05. The van der Waals surface area contributed by atoms with Crippen LogP contribution in [0.5, 0.6) is 0 Å². The van der Waals surface area contributed by atoms with Crippen LogP contribution < -0.4 is 10.6 Å². The van der Waals surface area contributed by atoms with Gasteiger partial charge in [0.2, 0.25) is 5.95 Å². The summed E-state index contributed by atoms with van der Waals surface area (Å²) < 4.78 is 28.7. The quantitative estimate of drug-likeness (QED) is 0.496. The van der Waals surface area contributed by atoms with Crippen LogP contribution in [0.2, 0.25) is 0 Å². The predicted molar refractivity (Wildman–Crippen MR) is 111 cm³/mol. The second kappa shape index (κ2) is 8.59. The second-order valence-electron chi connectivity index (χ2n) is 6.55. The molecule has 0 bridgehead atoms. The molecule has 2 aromatic carbocycles. The molecule has 0 radical (unpaired) electrons. The number of benzene rings is 2. The second-order valence-corrected chi connectivity index (χ2v) is 6.55. The van der Waals surface area contributed by atoms with E-state index in [4.69, 9.17) is 0 Å². The largest absolute Gasteiger partial charge is 0.349 e. The van der Waals surface area contributed by atoms with Crippen molar-refractivity contribution in [2.24, 2.45) is 0 Å². The first-order valence-corrected chi connectivity index (χ1v) is 9.36. The molecule has 4 aromatic rings. The monoisotopic (exact) mass is 418 g/mol. The number of fused-ring (bicyclic) bond motifs is 1. The van der Waals surface area contributed by atoms with Crippen LogP contribution in [0, 0.1) is 17.1 Å². The molecule has 0 spiro atoms. The fourth-order valence-electron chi connectivity index (χ4n) is 3.09. The maximum atomic E-state index is 15.0. The Balaban J connectivity index is 1.66. The molecule has 0 aliphatic rings. The molecular weight excluding hydrogens is 402 g/mol. The zero-order valence-corrected chi connectivity index (χ0v) is 16.1. The Kier molecular flexibility index (Phi) is 5.53. The molecule has 0 saturated carbocycles. The maximum absolute atomic E-state index is 15.0. The number of amides is 1. The van der Waals surface area contributed by atoms with E-state index in [1.807, 2.05) is 0 Å². The summed E-state index contributed by atoms with van der Waals surface area (Å²) in [7, 11) is 0. The number of carbonyl (C=O) groups is 1. The van der Waals surface area contributed by atoms with Crippen LogP contribution >= 0.6 is 0 Å². The molecule has 4 rings (SSSR count). The van der Waals surface area contributed by atoms with Crippen molar-refractivity contribution in [3.63, 3.8) is 0 Å². The van der Waals surface area contributed by atoms with Gasteiger partial charge >= 0.3 is 0 Å². The summed E-state index contributed by atoms with van der Waals surface area (Å²) in [6.07, 6.45) is 1.59. The molecule has 7 nitrogen and oxygen atoms in total. The third-order valence-electron chi connectivity index (χ3n) is 4.56. The number of carbonyl (C=O) groups excluding carboxylic acids is 1. The molecule has 1 amide bonds. The lowest BCUT2D eigenvalue weighted by Gasteiger charge is -2.09. The Hall–Kier alpha value is -4.32. The van der Waals surface area contributed by atoms with Crippen molar-refractivity contribution in [1.82, 2.24) is 19.9 Å². The van der Waals surface area contributed by atoms with Crippen molar-refractivity contribution in [2.75, 3.05) is 18.5 Å². The smallest absolute Gasteiger partial charge is 0.254 e. The fourth-order valence-corrected chi connectivity index (χ4v) is 3.09. The average Bonchev–Trinajstić information content (AvgIpc) is 3.19. The number of nitriles is 1. The maximum Gasteiger partial charge on any atom is 0.254 e. The zero-order chi connectivity index (χ0) is 21.8. The van der Waals surface area contributed by atoms with Gasteiger partial charge in [0, 0.05) is 23.9 Å². The van der Waals surface area contributed by atoms with Gasteiger partial charge < -0.3 is 10.6 Å². The summed E-state index contributed by atoms with van der Waals surface area (Å²) in [6, 6.07) is 16.8. The highest BCUT2D eigenvalue weighted by Gasteiger charge is 2.16. The van der Waals surface area contributed by atoms with Crippen molar-refractivity contribution in [3.8, 4) is 17.2 Å². The SMILES string of the molecule is N#Cc1ccccc1Nc1nc2ccc(-c3cccc(C(=O)NCCF)c3F)cn2n1. The van der Waals surface area contributed by atoms with Crippen LogP contribution in [0.3, 0.4) is 0 Å². The van der Waals surface area contributed by atoms with Crippen molar-refractivity contribution < 1.29 is 13.6 Å². The summed E-state index contributed by atoms with van der Waals surface area (Å²) >= 11 is 0. The van der Waals surface area contributed by atoms with Crippen LogP contribution in [-0.2, 0) is 0 Å². The molecule has 0 aliphatic carbocycles. The topological polar surface area (TPSA) is 95.1 Å². The van der Waals surface area contributed by atoms with Crippen LogP contribution in [0.25, 0.3) is 16.8 Å². The summed E-state index contributed by atoms with van der Waals surface area (Å²) in [6.45, 7) is -0.913. The fraction of sp³-hybridized carbons (Fsp3) is 0.0909. The van der Waals surface area contributed by atoms with E-state index < -0.39 is 18.4 Å². The van der Waals surface area contributed by atoms with E-state index in [0.717, 1.165) is 0 Å². The normalized spacial score (nSPS) is 10.6. The zero-order valence-electron chi connectivity index (χ0n) is 16.1. The van der Waals surface area contributed by atoms with Gasteiger partial charge in [0.05, 0.1) is 16.8 Å². The lowest BCUT2D eigenvalue weighted by Crippen LogP contribution is -2.26. The van der Waals surface area contributed by atoms with Crippen LogP contribution in [0.1, 0.15) is 15.9 Å². The lowest BCUT2D eigenvalue weighted by atomic mass is 10.0. The van der Waals surface area contributed by atoms with Gasteiger partial charge in [-0.1, -0.05) is 24.3 Å². The number of aromatic nitrogens is 3.